The maximum atomic E-state index is 12.8. The van der Waals surface area contributed by atoms with Gasteiger partial charge < -0.3 is 25.0 Å². The van der Waals surface area contributed by atoms with Gasteiger partial charge in [0.15, 0.2) is 11.5 Å². The molecule has 1 unspecified atom stereocenters. The van der Waals surface area contributed by atoms with Crippen LogP contribution in [0.4, 0.5) is 11.4 Å². The highest BCUT2D eigenvalue weighted by molar-refractivity contribution is 6.04. The van der Waals surface area contributed by atoms with E-state index in [1.54, 1.807) is 48.3 Å². The van der Waals surface area contributed by atoms with Gasteiger partial charge in [0.05, 0.1) is 5.92 Å². The zero-order valence-electron chi connectivity index (χ0n) is 16.9. The van der Waals surface area contributed by atoms with Crippen LogP contribution in [0.25, 0.3) is 0 Å². The lowest BCUT2D eigenvalue weighted by Gasteiger charge is -2.22. The van der Waals surface area contributed by atoms with E-state index in [-0.39, 0.29) is 24.1 Å². The first kappa shape index (κ1) is 19.8. The van der Waals surface area contributed by atoms with Gasteiger partial charge in [-0.05, 0) is 42.8 Å². The number of benzene rings is 2. The van der Waals surface area contributed by atoms with Crippen LogP contribution in [0.1, 0.15) is 22.3 Å². The van der Waals surface area contributed by atoms with Crippen molar-refractivity contribution in [2.24, 2.45) is 5.92 Å². The van der Waals surface area contributed by atoms with Crippen molar-refractivity contribution in [3.05, 3.63) is 47.5 Å². The molecular weight excluding hydrogens is 386 g/mol. The molecule has 0 bridgehead atoms. The van der Waals surface area contributed by atoms with Crippen LogP contribution >= 0.6 is 0 Å². The van der Waals surface area contributed by atoms with Crippen molar-refractivity contribution >= 4 is 29.1 Å². The Bertz CT molecular complexity index is 1020. The zero-order valence-corrected chi connectivity index (χ0v) is 16.9. The van der Waals surface area contributed by atoms with Crippen molar-refractivity contribution in [3.63, 3.8) is 0 Å². The predicted molar refractivity (Wildman–Crippen MR) is 111 cm³/mol. The number of carbonyl (C=O) groups is 3. The Kier molecular flexibility index (Phi) is 5.31. The highest BCUT2D eigenvalue weighted by atomic mass is 16.6. The van der Waals surface area contributed by atoms with E-state index in [9.17, 15) is 14.4 Å². The van der Waals surface area contributed by atoms with Crippen molar-refractivity contribution in [2.45, 2.75) is 13.3 Å². The maximum absolute atomic E-state index is 12.8. The van der Waals surface area contributed by atoms with E-state index in [0.29, 0.717) is 48.2 Å². The second kappa shape index (κ2) is 8.06. The fourth-order valence-electron chi connectivity index (χ4n) is 3.66. The van der Waals surface area contributed by atoms with Gasteiger partial charge in [0, 0.05) is 43.0 Å². The average Bonchev–Trinajstić information content (AvgIpc) is 3.16. The molecule has 8 heteroatoms. The van der Waals surface area contributed by atoms with Crippen LogP contribution in [0.3, 0.4) is 0 Å². The van der Waals surface area contributed by atoms with E-state index in [2.05, 4.69) is 10.6 Å². The molecule has 8 nitrogen and oxygen atoms in total. The minimum Gasteiger partial charge on any atom is -0.486 e. The van der Waals surface area contributed by atoms with Crippen molar-refractivity contribution in [2.75, 3.05) is 37.0 Å². The molecule has 1 atom stereocenters. The van der Waals surface area contributed by atoms with Gasteiger partial charge >= 0.3 is 0 Å². The third-order valence-electron chi connectivity index (χ3n) is 5.31. The van der Waals surface area contributed by atoms with Crippen molar-refractivity contribution in [1.29, 1.82) is 0 Å². The number of hydrogen-bond acceptors (Lipinski definition) is 5. The molecule has 0 radical (unpaired) electrons. The van der Waals surface area contributed by atoms with E-state index < -0.39 is 5.92 Å². The van der Waals surface area contributed by atoms with Gasteiger partial charge in [0.25, 0.3) is 5.91 Å². The smallest absolute Gasteiger partial charge is 0.251 e. The number of hydrogen-bond donors (Lipinski definition) is 2. The molecule has 0 aliphatic carbocycles. The van der Waals surface area contributed by atoms with E-state index in [1.807, 2.05) is 6.92 Å². The number of nitrogens with one attached hydrogen (secondary N) is 2. The Balaban J connectivity index is 1.45. The lowest BCUT2D eigenvalue weighted by atomic mass is 10.1. The first-order valence-corrected chi connectivity index (χ1v) is 9.80. The Morgan fingerprint density at radius 3 is 2.57 bits per heavy atom. The summed E-state index contributed by atoms with van der Waals surface area (Å²) in [5.41, 5.74) is 2.61. The normalized spacial score (nSPS) is 17.6. The van der Waals surface area contributed by atoms with Crippen LogP contribution in [0.5, 0.6) is 11.5 Å². The first-order valence-electron chi connectivity index (χ1n) is 9.80. The van der Waals surface area contributed by atoms with Gasteiger partial charge in [0.1, 0.15) is 13.2 Å². The molecule has 0 spiro atoms. The fourth-order valence-corrected chi connectivity index (χ4v) is 3.66. The standard InChI is InChI=1S/C22H23N3O5/c1-13-9-14(21(27)23-2)3-5-17(13)24-22(28)15-10-20(26)25(12-15)16-4-6-18-19(11-16)30-8-7-29-18/h3-6,9,11,15H,7-8,10,12H2,1-2H3,(H,23,27)(H,24,28). The van der Waals surface area contributed by atoms with Gasteiger partial charge in [-0.1, -0.05) is 0 Å². The molecule has 30 heavy (non-hydrogen) atoms. The van der Waals surface area contributed by atoms with E-state index >= 15 is 0 Å². The summed E-state index contributed by atoms with van der Waals surface area (Å²) in [5.74, 6) is 0.266. The summed E-state index contributed by atoms with van der Waals surface area (Å²) in [5, 5.41) is 5.46. The molecule has 2 aromatic carbocycles. The van der Waals surface area contributed by atoms with Crippen molar-refractivity contribution in [1.82, 2.24) is 5.32 Å². The summed E-state index contributed by atoms with van der Waals surface area (Å²) in [4.78, 5) is 38.7. The average molecular weight is 409 g/mol. The van der Waals surface area contributed by atoms with E-state index in [1.165, 1.54) is 0 Å². The van der Waals surface area contributed by atoms with E-state index in [4.69, 9.17) is 9.47 Å². The third-order valence-corrected chi connectivity index (χ3v) is 5.31. The fraction of sp³-hybridized carbons (Fsp3) is 0.318. The molecule has 0 aromatic heterocycles. The molecule has 2 heterocycles. The number of rotatable bonds is 4. The predicted octanol–water partition coefficient (Wildman–Crippen LogP) is 2.12. The number of nitrogens with zero attached hydrogens (tertiary/aromatic N) is 1. The van der Waals surface area contributed by atoms with Gasteiger partial charge in [0.2, 0.25) is 11.8 Å². The topological polar surface area (TPSA) is 97.0 Å². The van der Waals surface area contributed by atoms with Crippen LogP contribution in [-0.4, -0.2) is 44.5 Å². The maximum Gasteiger partial charge on any atom is 0.251 e. The molecule has 2 aromatic rings. The highest BCUT2D eigenvalue weighted by Crippen LogP contribution is 2.36. The molecule has 2 aliphatic rings. The van der Waals surface area contributed by atoms with Crippen LogP contribution in [0, 0.1) is 12.8 Å². The molecule has 2 N–H and O–H groups in total. The minimum absolute atomic E-state index is 0.112. The number of aryl methyl sites for hydroxylation is 1. The molecule has 2 aliphatic heterocycles. The van der Waals surface area contributed by atoms with Gasteiger partial charge in [-0.3, -0.25) is 14.4 Å². The number of carbonyl (C=O) groups excluding carboxylic acids is 3. The van der Waals surface area contributed by atoms with Gasteiger partial charge in [-0.15, -0.1) is 0 Å². The quantitative estimate of drug-likeness (QED) is 0.806. The summed E-state index contributed by atoms with van der Waals surface area (Å²) in [6, 6.07) is 10.4. The summed E-state index contributed by atoms with van der Waals surface area (Å²) in [7, 11) is 1.57. The van der Waals surface area contributed by atoms with Gasteiger partial charge in [-0.25, -0.2) is 0 Å². The monoisotopic (exact) mass is 409 g/mol. The van der Waals surface area contributed by atoms with E-state index in [0.717, 1.165) is 5.56 Å². The lowest BCUT2D eigenvalue weighted by molar-refractivity contribution is -0.122. The van der Waals surface area contributed by atoms with Crippen LogP contribution < -0.4 is 25.0 Å². The molecule has 1 fully saturated rings. The second-order valence-electron chi connectivity index (χ2n) is 7.33. The highest BCUT2D eigenvalue weighted by Gasteiger charge is 2.35. The molecule has 0 saturated carbocycles. The minimum atomic E-state index is -0.469. The Morgan fingerprint density at radius 1 is 1.07 bits per heavy atom. The van der Waals surface area contributed by atoms with Crippen LogP contribution in [0.15, 0.2) is 36.4 Å². The second-order valence-corrected chi connectivity index (χ2v) is 7.33. The molecule has 156 valence electrons. The lowest BCUT2D eigenvalue weighted by Crippen LogP contribution is -2.28. The Labute approximate surface area is 174 Å². The Hall–Kier alpha value is -3.55. The summed E-state index contributed by atoms with van der Waals surface area (Å²) >= 11 is 0. The van der Waals surface area contributed by atoms with Crippen molar-refractivity contribution < 1.29 is 23.9 Å². The summed E-state index contributed by atoms with van der Waals surface area (Å²) in [6.07, 6.45) is 0.135. The number of amides is 3. The largest absolute Gasteiger partial charge is 0.486 e. The third kappa shape index (κ3) is 3.80. The SMILES string of the molecule is CNC(=O)c1ccc(NC(=O)C2CC(=O)N(c3ccc4c(c3)OCCO4)C2)c(C)c1. The summed E-state index contributed by atoms with van der Waals surface area (Å²) < 4.78 is 11.1. The Morgan fingerprint density at radius 2 is 1.83 bits per heavy atom. The molecular formula is C22H23N3O5. The molecule has 4 rings (SSSR count). The number of anilines is 2. The van der Waals surface area contributed by atoms with Crippen LogP contribution in [0.2, 0.25) is 0 Å². The van der Waals surface area contributed by atoms with Crippen LogP contribution in [-0.2, 0) is 9.59 Å². The number of ether oxygens (including phenoxy) is 2. The molecule has 1 saturated heterocycles. The zero-order chi connectivity index (χ0) is 21.3. The molecule has 3 amide bonds. The number of fused-ring (bicyclic) bond motifs is 1. The van der Waals surface area contributed by atoms with Crippen molar-refractivity contribution in [3.8, 4) is 11.5 Å². The summed E-state index contributed by atoms with van der Waals surface area (Å²) in [6.45, 7) is 3.08. The first-order chi connectivity index (χ1) is 14.5. The van der Waals surface area contributed by atoms with Gasteiger partial charge in [-0.2, -0.15) is 0 Å².